The summed E-state index contributed by atoms with van der Waals surface area (Å²) in [6.07, 6.45) is 0.367. The maximum atomic E-state index is 12.7. The van der Waals surface area contributed by atoms with E-state index in [1.54, 1.807) is 6.07 Å². The molecule has 0 saturated carbocycles. The van der Waals surface area contributed by atoms with Gasteiger partial charge in [0.2, 0.25) is 5.91 Å². The van der Waals surface area contributed by atoms with Crippen molar-refractivity contribution in [3.63, 3.8) is 0 Å². The maximum Gasteiger partial charge on any atom is 0.252 e. The molecule has 3 aromatic carbocycles. The number of hydrogen-bond acceptors (Lipinski definition) is 2. The zero-order valence-electron chi connectivity index (χ0n) is 14.0. The van der Waals surface area contributed by atoms with Crippen LogP contribution in [0.2, 0.25) is 0 Å². The van der Waals surface area contributed by atoms with Crippen molar-refractivity contribution in [2.75, 3.05) is 0 Å². The van der Waals surface area contributed by atoms with E-state index in [1.807, 2.05) is 67.6 Å². The molecule has 0 aromatic heterocycles. The minimum absolute atomic E-state index is 0.298. The number of hydrogen-bond donors (Lipinski definition) is 2. The van der Waals surface area contributed by atoms with Crippen LogP contribution in [-0.2, 0) is 11.2 Å². The number of nitrogens with one attached hydrogen (secondary N) is 1. The van der Waals surface area contributed by atoms with E-state index in [1.165, 1.54) is 0 Å². The summed E-state index contributed by atoms with van der Waals surface area (Å²) in [5.41, 5.74) is 8.12. The molecule has 4 heteroatoms. The maximum absolute atomic E-state index is 12.7. The number of amides is 2. The van der Waals surface area contributed by atoms with Crippen LogP contribution in [0.1, 0.15) is 21.5 Å². The molecule has 0 spiro atoms. The normalized spacial score (nSPS) is 11.9. The fraction of sp³-hybridized carbons (Fsp3) is 0.143. The topological polar surface area (TPSA) is 72.2 Å². The fourth-order valence-corrected chi connectivity index (χ4v) is 2.84. The zero-order chi connectivity index (χ0) is 17.8. The monoisotopic (exact) mass is 332 g/mol. The molecule has 0 bridgehead atoms. The van der Waals surface area contributed by atoms with Gasteiger partial charge in [-0.15, -0.1) is 0 Å². The lowest BCUT2D eigenvalue weighted by Crippen LogP contribution is -2.45. The van der Waals surface area contributed by atoms with Crippen LogP contribution in [0, 0.1) is 6.92 Å². The van der Waals surface area contributed by atoms with Gasteiger partial charge in [0.1, 0.15) is 6.04 Å². The van der Waals surface area contributed by atoms with Crippen molar-refractivity contribution >= 4 is 22.6 Å². The molecular weight excluding hydrogens is 312 g/mol. The average molecular weight is 332 g/mol. The van der Waals surface area contributed by atoms with Gasteiger partial charge in [0.25, 0.3) is 5.91 Å². The van der Waals surface area contributed by atoms with Gasteiger partial charge in [-0.1, -0.05) is 66.2 Å². The van der Waals surface area contributed by atoms with E-state index >= 15 is 0 Å². The van der Waals surface area contributed by atoms with Crippen LogP contribution in [0.4, 0.5) is 0 Å². The molecule has 0 radical (unpaired) electrons. The van der Waals surface area contributed by atoms with Crippen molar-refractivity contribution in [2.24, 2.45) is 5.73 Å². The summed E-state index contributed by atoms with van der Waals surface area (Å²) < 4.78 is 0. The van der Waals surface area contributed by atoms with Gasteiger partial charge < -0.3 is 11.1 Å². The molecule has 25 heavy (non-hydrogen) atoms. The standard InChI is InChI=1S/C21H20N2O2/c1-14-9-11-15(12-10-14)13-19(20(22)24)23-21(25)18-8-4-6-16-5-2-3-7-17(16)18/h2-12,19H,13H2,1H3,(H2,22,24)(H,23,25)/t19-/m0/s1. The summed E-state index contributed by atoms with van der Waals surface area (Å²) in [5.74, 6) is -0.845. The Morgan fingerprint density at radius 2 is 1.64 bits per heavy atom. The first-order chi connectivity index (χ1) is 12.0. The van der Waals surface area contributed by atoms with E-state index in [0.29, 0.717) is 12.0 Å². The highest BCUT2D eigenvalue weighted by Gasteiger charge is 2.20. The van der Waals surface area contributed by atoms with Crippen molar-refractivity contribution in [2.45, 2.75) is 19.4 Å². The Morgan fingerprint density at radius 3 is 2.36 bits per heavy atom. The molecule has 4 nitrogen and oxygen atoms in total. The van der Waals surface area contributed by atoms with E-state index in [4.69, 9.17) is 5.73 Å². The predicted octanol–water partition coefficient (Wildman–Crippen LogP) is 2.97. The molecule has 3 aromatic rings. The lowest BCUT2D eigenvalue weighted by atomic mass is 10.0. The number of primary amides is 1. The van der Waals surface area contributed by atoms with Gasteiger partial charge in [0.05, 0.1) is 0 Å². The molecule has 2 amide bonds. The average Bonchev–Trinajstić information content (AvgIpc) is 2.62. The van der Waals surface area contributed by atoms with Crippen molar-refractivity contribution in [1.29, 1.82) is 0 Å². The van der Waals surface area contributed by atoms with Crippen LogP contribution in [0.15, 0.2) is 66.7 Å². The molecule has 0 unspecified atom stereocenters. The third kappa shape index (κ3) is 3.86. The van der Waals surface area contributed by atoms with E-state index in [0.717, 1.165) is 21.9 Å². The molecule has 0 fully saturated rings. The lowest BCUT2D eigenvalue weighted by Gasteiger charge is -2.16. The summed E-state index contributed by atoms with van der Waals surface area (Å²) >= 11 is 0. The number of aryl methyl sites for hydroxylation is 1. The molecular formula is C21H20N2O2. The van der Waals surface area contributed by atoms with Gasteiger partial charge in [0, 0.05) is 12.0 Å². The van der Waals surface area contributed by atoms with Crippen molar-refractivity contribution in [1.82, 2.24) is 5.32 Å². The van der Waals surface area contributed by atoms with Gasteiger partial charge in [-0.25, -0.2) is 0 Å². The Balaban J connectivity index is 1.83. The van der Waals surface area contributed by atoms with Crippen LogP contribution in [-0.4, -0.2) is 17.9 Å². The van der Waals surface area contributed by atoms with Gasteiger partial charge >= 0.3 is 0 Å². The Bertz CT molecular complexity index is 911. The van der Waals surface area contributed by atoms with Crippen LogP contribution < -0.4 is 11.1 Å². The summed E-state index contributed by atoms with van der Waals surface area (Å²) in [6, 6.07) is 20.2. The molecule has 126 valence electrons. The van der Waals surface area contributed by atoms with E-state index in [-0.39, 0.29) is 5.91 Å². The van der Waals surface area contributed by atoms with E-state index in [2.05, 4.69) is 5.32 Å². The van der Waals surface area contributed by atoms with Crippen LogP contribution in [0.25, 0.3) is 10.8 Å². The molecule has 0 heterocycles. The molecule has 0 aliphatic rings. The lowest BCUT2D eigenvalue weighted by molar-refractivity contribution is -0.119. The Labute approximate surface area is 146 Å². The van der Waals surface area contributed by atoms with Gasteiger partial charge in [-0.2, -0.15) is 0 Å². The SMILES string of the molecule is Cc1ccc(C[C@H](NC(=O)c2cccc3ccccc23)C(N)=O)cc1. The highest BCUT2D eigenvalue weighted by Crippen LogP contribution is 2.18. The Kier molecular flexibility index (Phi) is 4.80. The molecule has 0 aliphatic heterocycles. The van der Waals surface area contributed by atoms with Gasteiger partial charge in [-0.3, -0.25) is 9.59 Å². The molecule has 1 atom stereocenters. The molecule has 3 rings (SSSR count). The second kappa shape index (κ2) is 7.18. The first-order valence-electron chi connectivity index (χ1n) is 8.18. The highest BCUT2D eigenvalue weighted by molar-refractivity contribution is 6.08. The second-order valence-corrected chi connectivity index (χ2v) is 6.14. The van der Waals surface area contributed by atoms with Crippen LogP contribution in [0.5, 0.6) is 0 Å². The molecule has 3 N–H and O–H groups in total. The number of nitrogens with two attached hydrogens (primary N) is 1. The number of carbonyl (C=O) groups is 2. The minimum atomic E-state index is -0.755. The van der Waals surface area contributed by atoms with Crippen LogP contribution >= 0.6 is 0 Å². The Hall–Kier alpha value is -3.14. The van der Waals surface area contributed by atoms with E-state index in [9.17, 15) is 9.59 Å². The fourth-order valence-electron chi connectivity index (χ4n) is 2.84. The number of rotatable bonds is 5. The largest absolute Gasteiger partial charge is 0.368 e. The van der Waals surface area contributed by atoms with Crippen LogP contribution in [0.3, 0.4) is 0 Å². The Morgan fingerprint density at radius 1 is 0.960 bits per heavy atom. The number of benzene rings is 3. The van der Waals surface area contributed by atoms with E-state index < -0.39 is 11.9 Å². The van der Waals surface area contributed by atoms with Gasteiger partial charge in [-0.05, 0) is 29.3 Å². The summed E-state index contributed by atoms with van der Waals surface area (Å²) in [5, 5.41) is 4.60. The number of fused-ring (bicyclic) bond motifs is 1. The first kappa shape index (κ1) is 16.7. The second-order valence-electron chi connectivity index (χ2n) is 6.14. The molecule has 0 saturated heterocycles. The third-order valence-electron chi connectivity index (χ3n) is 4.24. The predicted molar refractivity (Wildman–Crippen MR) is 99.3 cm³/mol. The van der Waals surface area contributed by atoms with Crippen molar-refractivity contribution < 1.29 is 9.59 Å². The van der Waals surface area contributed by atoms with Crippen molar-refractivity contribution in [3.8, 4) is 0 Å². The summed E-state index contributed by atoms with van der Waals surface area (Å²) in [7, 11) is 0. The molecule has 0 aliphatic carbocycles. The smallest absolute Gasteiger partial charge is 0.252 e. The zero-order valence-corrected chi connectivity index (χ0v) is 14.0. The summed E-state index contributed by atoms with van der Waals surface area (Å²) in [4.78, 5) is 24.5. The third-order valence-corrected chi connectivity index (χ3v) is 4.24. The minimum Gasteiger partial charge on any atom is -0.368 e. The highest BCUT2D eigenvalue weighted by atomic mass is 16.2. The van der Waals surface area contributed by atoms with Crippen molar-refractivity contribution in [3.05, 3.63) is 83.4 Å². The summed E-state index contributed by atoms with van der Waals surface area (Å²) in [6.45, 7) is 2.00. The van der Waals surface area contributed by atoms with Gasteiger partial charge in [0.15, 0.2) is 0 Å². The number of carbonyl (C=O) groups excluding carboxylic acids is 2. The quantitative estimate of drug-likeness (QED) is 0.754. The first-order valence-corrected chi connectivity index (χ1v) is 8.18.